The number of aromatic nitrogens is 1. The van der Waals surface area contributed by atoms with Crippen molar-refractivity contribution in [2.75, 3.05) is 38.0 Å². The minimum atomic E-state index is -0.278. The number of anilines is 1. The second kappa shape index (κ2) is 9.02. The number of urea groups is 1. The molecule has 1 saturated heterocycles. The third-order valence-electron chi connectivity index (χ3n) is 4.85. The first-order chi connectivity index (χ1) is 14.2. The maximum Gasteiger partial charge on any atom is 0.317 e. The predicted molar refractivity (Wildman–Crippen MR) is 115 cm³/mol. The molecule has 1 aromatic heterocycles. The highest BCUT2D eigenvalue weighted by Crippen LogP contribution is 2.25. The van der Waals surface area contributed by atoms with Gasteiger partial charge in [0.2, 0.25) is 5.91 Å². The molecule has 0 spiro atoms. The Hall–Kier alpha value is -2.97. The molecule has 3 aromatic rings. The van der Waals surface area contributed by atoms with Crippen LogP contribution in [0.15, 0.2) is 54.6 Å². The van der Waals surface area contributed by atoms with Gasteiger partial charge in [-0.2, -0.15) is 0 Å². The van der Waals surface area contributed by atoms with Gasteiger partial charge in [-0.05, 0) is 17.7 Å². The van der Waals surface area contributed by atoms with E-state index in [1.54, 1.807) is 4.90 Å². The molecular weight excluding hydrogens is 386 g/mol. The highest BCUT2D eigenvalue weighted by Gasteiger charge is 2.21. The Bertz CT molecular complexity index is 950. The summed E-state index contributed by atoms with van der Waals surface area (Å²) in [6.45, 7) is 3.76. The molecule has 150 valence electrons. The van der Waals surface area contributed by atoms with E-state index in [0.717, 1.165) is 29.9 Å². The molecule has 0 atom stereocenters. The van der Waals surface area contributed by atoms with Crippen molar-refractivity contribution in [3.8, 4) is 0 Å². The van der Waals surface area contributed by atoms with Crippen molar-refractivity contribution in [2.45, 2.75) is 6.54 Å². The number of amides is 3. The molecule has 0 saturated carbocycles. The van der Waals surface area contributed by atoms with Crippen LogP contribution in [0.5, 0.6) is 0 Å². The molecule has 2 N–H and O–H groups in total. The molecule has 4 rings (SSSR count). The first kappa shape index (κ1) is 19.4. The minimum Gasteiger partial charge on any atom is -0.329 e. The molecule has 3 amide bonds. The van der Waals surface area contributed by atoms with Gasteiger partial charge in [-0.3, -0.25) is 9.69 Å². The van der Waals surface area contributed by atoms with Crippen molar-refractivity contribution in [3.63, 3.8) is 0 Å². The number of nitrogens with one attached hydrogen (secondary N) is 2. The van der Waals surface area contributed by atoms with Crippen molar-refractivity contribution >= 4 is 38.6 Å². The SMILES string of the molecule is O=C(CNC(=O)N1CCN(Cc2ccccc2)CC1)Nc1nc2ccccc2s1. The van der Waals surface area contributed by atoms with Crippen LogP contribution in [0.1, 0.15) is 5.56 Å². The lowest BCUT2D eigenvalue weighted by atomic mass is 10.2. The Morgan fingerprint density at radius 3 is 2.45 bits per heavy atom. The smallest absolute Gasteiger partial charge is 0.317 e. The van der Waals surface area contributed by atoms with Crippen molar-refractivity contribution in [1.82, 2.24) is 20.1 Å². The lowest BCUT2D eigenvalue weighted by Gasteiger charge is -2.34. The van der Waals surface area contributed by atoms with Crippen LogP contribution in [-0.4, -0.2) is 59.4 Å². The summed E-state index contributed by atoms with van der Waals surface area (Å²) in [7, 11) is 0. The highest BCUT2D eigenvalue weighted by molar-refractivity contribution is 7.22. The van der Waals surface area contributed by atoms with Crippen molar-refractivity contribution < 1.29 is 9.59 Å². The molecule has 1 fully saturated rings. The number of para-hydroxylation sites is 1. The number of fused-ring (bicyclic) bond motifs is 1. The average molecular weight is 410 g/mol. The zero-order valence-corrected chi connectivity index (χ0v) is 16.8. The van der Waals surface area contributed by atoms with Crippen LogP contribution >= 0.6 is 11.3 Å². The van der Waals surface area contributed by atoms with E-state index in [1.165, 1.54) is 16.9 Å². The van der Waals surface area contributed by atoms with E-state index in [9.17, 15) is 9.59 Å². The number of carbonyl (C=O) groups is 2. The Labute approximate surface area is 173 Å². The van der Waals surface area contributed by atoms with Gasteiger partial charge in [0.25, 0.3) is 0 Å². The topological polar surface area (TPSA) is 77.6 Å². The molecule has 29 heavy (non-hydrogen) atoms. The monoisotopic (exact) mass is 409 g/mol. The van der Waals surface area contributed by atoms with E-state index in [1.807, 2.05) is 42.5 Å². The minimum absolute atomic E-state index is 0.0704. The summed E-state index contributed by atoms with van der Waals surface area (Å²) >= 11 is 1.42. The van der Waals surface area contributed by atoms with Gasteiger partial charge in [-0.15, -0.1) is 0 Å². The van der Waals surface area contributed by atoms with Gasteiger partial charge in [-0.1, -0.05) is 53.8 Å². The fourth-order valence-corrected chi connectivity index (χ4v) is 4.19. The second-order valence-electron chi connectivity index (χ2n) is 6.94. The fraction of sp³-hybridized carbons (Fsp3) is 0.286. The molecule has 1 aliphatic rings. The van der Waals surface area contributed by atoms with Gasteiger partial charge in [-0.25, -0.2) is 9.78 Å². The van der Waals surface area contributed by atoms with Gasteiger partial charge in [0, 0.05) is 32.7 Å². The number of hydrogen-bond donors (Lipinski definition) is 2. The summed E-state index contributed by atoms with van der Waals surface area (Å²) in [4.78, 5) is 33.0. The van der Waals surface area contributed by atoms with Crippen LogP contribution in [0.2, 0.25) is 0 Å². The molecule has 0 unspecified atom stereocenters. The molecule has 0 aliphatic carbocycles. The van der Waals surface area contributed by atoms with Crippen LogP contribution in [0.25, 0.3) is 10.2 Å². The number of thiazole rings is 1. The quantitative estimate of drug-likeness (QED) is 0.679. The van der Waals surface area contributed by atoms with Crippen molar-refractivity contribution in [3.05, 3.63) is 60.2 Å². The van der Waals surface area contributed by atoms with Crippen LogP contribution in [0.4, 0.5) is 9.93 Å². The predicted octanol–water partition coefficient (Wildman–Crippen LogP) is 2.76. The number of piperazine rings is 1. The zero-order valence-electron chi connectivity index (χ0n) is 16.0. The van der Waals surface area contributed by atoms with Crippen LogP contribution in [0, 0.1) is 0 Å². The third kappa shape index (κ3) is 5.10. The van der Waals surface area contributed by atoms with Gasteiger partial charge in [0.05, 0.1) is 16.8 Å². The van der Waals surface area contributed by atoms with E-state index < -0.39 is 0 Å². The lowest BCUT2D eigenvalue weighted by Crippen LogP contribution is -2.52. The average Bonchev–Trinajstić information content (AvgIpc) is 3.15. The number of nitrogens with zero attached hydrogens (tertiary/aromatic N) is 3. The van der Waals surface area contributed by atoms with E-state index in [4.69, 9.17) is 0 Å². The first-order valence-corrected chi connectivity index (χ1v) is 10.4. The number of benzene rings is 2. The Morgan fingerprint density at radius 1 is 0.966 bits per heavy atom. The third-order valence-corrected chi connectivity index (χ3v) is 5.80. The normalized spacial score (nSPS) is 14.7. The van der Waals surface area contributed by atoms with Crippen LogP contribution in [-0.2, 0) is 11.3 Å². The number of carbonyl (C=O) groups excluding carboxylic acids is 2. The molecule has 7 nitrogen and oxygen atoms in total. The Balaban J connectivity index is 1.20. The molecule has 2 heterocycles. The highest BCUT2D eigenvalue weighted by atomic mass is 32.1. The largest absolute Gasteiger partial charge is 0.329 e. The molecule has 0 radical (unpaired) electrons. The van der Waals surface area contributed by atoms with Crippen LogP contribution < -0.4 is 10.6 Å². The molecule has 2 aromatic carbocycles. The lowest BCUT2D eigenvalue weighted by molar-refractivity contribution is -0.115. The zero-order chi connectivity index (χ0) is 20.1. The van der Waals surface area contributed by atoms with Crippen molar-refractivity contribution in [1.29, 1.82) is 0 Å². The maximum absolute atomic E-state index is 12.4. The summed E-state index contributed by atoms with van der Waals surface area (Å²) in [5.74, 6) is -0.278. The molecular formula is C21H23N5O2S. The summed E-state index contributed by atoms with van der Waals surface area (Å²) in [6, 6.07) is 17.8. The van der Waals surface area contributed by atoms with Crippen molar-refractivity contribution in [2.24, 2.45) is 0 Å². The van der Waals surface area contributed by atoms with Gasteiger partial charge >= 0.3 is 6.03 Å². The standard InChI is InChI=1S/C21H23N5O2S/c27-19(24-20-23-17-8-4-5-9-18(17)29-20)14-22-21(28)26-12-10-25(11-13-26)15-16-6-2-1-3-7-16/h1-9H,10-15H2,(H,22,28)(H,23,24,27). The van der Waals surface area contributed by atoms with E-state index in [-0.39, 0.29) is 18.5 Å². The van der Waals surface area contributed by atoms with Gasteiger partial charge < -0.3 is 15.5 Å². The summed E-state index contributed by atoms with van der Waals surface area (Å²) in [6.07, 6.45) is 0. The fourth-order valence-electron chi connectivity index (χ4n) is 3.31. The van der Waals surface area contributed by atoms with Crippen LogP contribution in [0.3, 0.4) is 0 Å². The molecule has 1 aliphatic heterocycles. The van der Waals surface area contributed by atoms with E-state index in [2.05, 4.69) is 32.7 Å². The maximum atomic E-state index is 12.4. The Morgan fingerprint density at radius 2 is 1.69 bits per heavy atom. The first-order valence-electron chi connectivity index (χ1n) is 9.62. The molecule has 0 bridgehead atoms. The van der Waals surface area contributed by atoms with E-state index >= 15 is 0 Å². The summed E-state index contributed by atoms with van der Waals surface area (Å²) < 4.78 is 1.01. The van der Waals surface area contributed by atoms with Gasteiger partial charge in [0.15, 0.2) is 5.13 Å². The second-order valence-corrected chi connectivity index (χ2v) is 7.97. The van der Waals surface area contributed by atoms with E-state index in [0.29, 0.717) is 18.2 Å². The summed E-state index contributed by atoms with van der Waals surface area (Å²) in [5, 5.41) is 6.00. The summed E-state index contributed by atoms with van der Waals surface area (Å²) in [5.41, 5.74) is 2.13. The molecule has 8 heteroatoms. The van der Waals surface area contributed by atoms with Gasteiger partial charge in [0.1, 0.15) is 0 Å². The number of rotatable bonds is 5. The number of hydrogen-bond acceptors (Lipinski definition) is 5. The Kier molecular flexibility index (Phi) is 6.02.